The molecule has 0 aromatic heterocycles. The molecule has 120 valence electrons. The fraction of sp³-hybridized carbons (Fsp3) is 0.0500. The van der Waals surface area contributed by atoms with E-state index in [-0.39, 0.29) is 5.56 Å². The Morgan fingerprint density at radius 1 is 0.958 bits per heavy atom. The van der Waals surface area contributed by atoms with E-state index in [9.17, 15) is 9.90 Å². The molecule has 0 amide bonds. The van der Waals surface area contributed by atoms with E-state index in [0.29, 0.717) is 17.9 Å². The van der Waals surface area contributed by atoms with Crippen molar-refractivity contribution in [3.05, 3.63) is 88.4 Å². The van der Waals surface area contributed by atoms with Crippen molar-refractivity contribution in [3.8, 4) is 16.9 Å². The molecular formula is C20H15BrO3. The molecule has 0 bridgehead atoms. The molecule has 0 radical (unpaired) electrons. The second kappa shape index (κ2) is 7.32. The quantitative estimate of drug-likeness (QED) is 0.642. The summed E-state index contributed by atoms with van der Waals surface area (Å²) in [5.74, 6) is -0.267. The predicted molar refractivity (Wildman–Crippen MR) is 97.3 cm³/mol. The zero-order valence-corrected chi connectivity index (χ0v) is 14.4. The maximum Gasteiger partial charge on any atom is 0.336 e. The van der Waals surface area contributed by atoms with Crippen molar-refractivity contribution in [1.29, 1.82) is 0 Å². The molecule has 0 saturated heterocycles. The van der Waals surface area contributed by atoms with Crippen molar-refractivity contribution in [2.24, 2.45) is 0 Å². The van der Waals surface area contributed by atoms with Crippen molar-refractivity contribution in [3.63, 3.8) is 0 Å². The van der Waals surface area contributed by atoms with Crippen LogP contribution in [-0.2, 0) is 6.61 Å². The monoisotopic (exact) mass is 382 g/mol. The van der Waals surface area contributed by atoms with Gasteiger partial charge in [-0.3, -0.25) is 0 Å². The summed E-state index contributed by atoms with van der Waals surface area (Å²) in [6, 6.07) is 22.4. The van der Waals surface area contributed by atoms with E-state index >= 15 is 0 Å². The van der Waals surface area contributed by atoms with Crippen LogP contribution < -0.4 is 4.74 Å². The van der Waals surface area contributed by atoms with E-state index < -0.39 is 5.97 Å². The van der Waals surface area contributed by atoms with Crippen LogP contribution in [0.25, 0.3) is 11.1 Å². The number of hydrogen-bond donors (Lipinski definition) is 1. The summed E-state index contributed by atoms with van der Waals surface area (Å²) >= 11 is 3.48. The Morgan fingerprint density at radius 3 is 2.42 bits per heavy atom. The van der Waals surface area contributed by atoms with Crippen molar-refractivity contribution in [2.75, 3.05) is 0 Å². The maximum absolute atomic E-state index is 11.4. The van der Waals surface area contributed by atoms with Crippen LogP contribution in [0.2, 0.25) is 0 Å². The minimum atomic E-state index is -0.944. The third-order valence-corrected chi connectivity index (χ3v) is 4.29. The molecule has 0 saturated carbocycles. The van der Waals surface area contributed by atoms with Crippen LogP contribution in [-0.4, -0.2) is 11.1 Å². The van der Waals surface area contributed by atoms with Gasteiger partial charge in [0, 0.05) is 0 Å². The number of carbonyl (C=O) groups is 1. The first-order chi connectivity index (χ1) is 11.6. The normalized spacial score (nSPS) is 10.4. The lowest BCUT2D eigenvalue weighted by Gasteiger charge is -2.12. The Kier molecular flexibility index (Phi) is 4.96. The minimum Gasteiger partial charge on any atom is -0.488 e. The van der Waals surface area contributed by atoms with Gasteiger partial charge in [0.05, 0.1) is 10.0 Å². The second-order valence-electron chi connectivity index (χ2n) is 5.27. The summed E-state index contributed by atoms with van der Waals surface area (Å²) < 4.78 is 6.72. The SMILES string of the molecule is O=C(O)c1ccccc1-c1ccc(Br)c(OCc2ccccc2)c1. The topological polar surface area (TPSA) is 46.5 Å². The molecule has 0 aliphatic carbocycles. The Bertz CT molecular complexity index is 860. The molecule has 0 atom stereocenters. The van der Waals surface area contributed by atoms with Gasteiger partial charge in [0.15, 0.2) is 0 Å². The van der Waals surface area contributed by atoms with Gasteiger partial charge < -0.3 is 9.84 Å². The zero-order chi connectivity index (χ0) is 16.9. The Morgan fingerprint density at radius 2 is 1.67 bits per heavy atom. The highest BCUT2D eigenvalue weighted by Gasteiger charge is 2.12. The van der Waals surface area contributed by atoms with E-state index in [4.69, 9.17) is 4.74 Å². The van der Waals surface area contributed by atoms with Crippen LogP contribution in [0.5, 0.6) is 5.75 Å². The summed E-state index contributed by atoms with van der Waals surface area (Å²) in [5, 5.41) is 9.36. The molecule has 3 aromatic carbocycles. The number of hydrogen-bond acceptors (Lipinski definition) is 2. The van der Waals surface area contributed by atoms with E-state index in [2.05, 4.69) is 15.9 Å². The van der Waals surface area contributed by atoms with Gasteiger partial charge in [-0.15, -0.1) is 0 Å². The molecule has 0 unspecified atom stereocenters. The summed E-state index contributed by atoms with van der Waals surface area (Å²) in [6.07, 6.45) is 0. The molecule has 3 nitrogen and oxygen atoms in total. The number of rotatable bonds is 5. The summed E-state index contributed by atoms with van der Waals surface area (Å²) in [7, 11) is 0. The maximum atomic E-state index is 11.4. The van der Waals surface area contributed by atoms with Crippen LogP contribution in [0, 0.1) is 0 Å². The predicted octanol–water partition coefficient (Wildman–Crippen LogP) is 5.39. The molecular weight excluding hydrogens is 368 g/mol. The van der Waals surface area contributed by atoms with Gasteiger partial charge in [-0.05, 0) is 50.8 Å². The van der Waals surface area contributed by atoms with E-state index in [1.807, 2.05) is 54.6 Å². The van der Waals surface area contributed by atoms with E-state index in [1.54, 1.807) is 18.2 Å². The second-order valence-corrected chi connectivity index (χ2v) is 6.12. The fourth-order valence-electron chi connectivity index (χ4n) is 2.44. The van der Waals surface area contributed by atoms with Crippen LogP contribution in [0.3, 0.4) is 0 Å². The number of carboxylic acids is 1. The third-order valence-electron chi connectivity index (χ3n) is 3.64. The molecule has 4 heteroatoms. The Balaban J connectivity index is 1.91. The summed E-state index contributed by atoms with van der Waals surface area (Å²) in [5.41, 5.74) is 2.82. The van der Waals surface area contributed by atoms with Gasteiger partial charge in [0.25, 0.3) is 0 Å². The number of benzene rings is 3. The van der Waals surface area contributed by atoms with Crippen molar-refractivity contribution < 1.29 is 14.6 Å². The molecule has 0 aliphatic heterocycles. The lowest BCUT2D eigenvalue weighted by molar-refractivity contribution is 0.0697. The van der Waals surface area contributed by atoms with Crippen LogP contribution in [0.15, 0.2) is 77.3 Å². The highest BCUT2D eigenvalue weighted by molar-refractivity contribution is 9.10. The standard InChI is InChI=1S/C20H15BrO3/c21-18-11-10-15(16-8-4-5-9-17(16)20(22)23)12-19(18)24-13-14-6-2-1-3-7-14/h1-12H,13H2,(H,22,23). The first-order valence-electron chi connectivity index (χ1n) is 7.44. The number of aromatic carboxylic acids is 1. The fourth-order valence-corrected chi connectivity index (χ4v) is 2.80. The molecule has 3 rings (SSSR count). The van der Waals surface area contributed by atoms with Crippen LogP contribution in [0.1, 0.15) is 15.9 Å². The number of halogens is 1. The zero-order valence-electron chi connectivity index (χ0n) is 12.8. The minimum absolute atomic E-state index is 0.272. The molecule has 0 aliphatic rings. The van der Waals surface area contributed by atoms with Crippen molar-refractivity contribution in [1.82, 2.24) is 0 Å². The summed E-state index contributed by atoms with van der Waals surface area (Å²) in [4.78, 5) is 11.4. The third kappa shape index (κ3) is 3.66. The lowest BCUT2D eigenvalue weighted by Crippen LogP contribution is -2.00. The molecule has 0 heterocycles. The molecule has 0 fully saturated rings. The van der Waals surface area contributed by atoms with E-state index in [1.165, 1.54) is 0 Å². The molecule has 0 spiro atoms. The van der Waals surface area contributed by atoms with Gasteiger partial charge in [0.1, 0.15) is 12.4 Å². The first kappa shape index (κ1) is 16.3. The van der Waals surface area contributed by atoms with Gasteiger partial charge in [-0.1, -0.05) is 54.6 Å². The average molecular weight is 383 g/mol. The van der Waals surface area contributed by atoms with Gasteiger partial charge in [-0.25, -0.2) is 4.79 Å². The van der Waals surface area contributed by atoms with Gasteiger partial charge in [-0.2, -0.15) is 0 Å². The number of ether oxygens (including phenoxy) is 1. The van der Waals surface area contributed by atoms with Gasteiger partial charge >= 0.3 is 5.97 Å². The Labute approximate surface area is 148 Å². The highest BCUT2D eigenvalue weighted by atomic mass is 79.9. The highest BCUT2D eigenvalue weighted by Crippen LogP contribution is 2.33. The summed E-state index contributed by atoms with van der Waals surface area (Å²) in [6.45, 7) is 0.448. The number of carboxylic acid groups (broad SMARTS) is 1. The molecule has 1 N–H and O–H groups in total. The van der Waals surface area contributed by atoms with Crippen molar-refractivity contribution >= 4 is 21.9 Å². The molecule has 3 aromatic rings. The first-order valence-corrected chi connectivity index (χ1v) is 8.23. The lowest BCUT2D eigenvalue weighted by atomic mass is 9.99. The average Bonchev–Trinajstić information content (AvgIpc) is 2.62. The van der Waals surface area contributed by atoms with Crippen LogP contribution >= 0.6 is 15.9 Å². The van der Waals surface area contributed by atoms with Crippen LogP contribution in [0.4, 0.5) is 0 Å². The van der Waals surface area contributed by atoms with E-state index in [0.717, 1.165) is 15.6 Å². The van der Waals surface area contributed by atoms with Gasteiger partial charge in [0.2, 0.25) is 0 Å². The van der Waals surface area contributed by atoms with Crippen molar-refractivity contribution in [2.45, 2.75) is 6.61 Å². The Hall–Kier alpha value is -2.59. The smallest absolute Gasteiger partial charge is 0.336 e. The largest absolute Gasteiger partial charge is 0.488 e. The molecule has 24 heavy (non-hydrogen) atoms.